The topological polar surface area (TPSA) is 52.0 Å². The number of nitrogens with zero attached hydrogens (tertiary/aromatic N) is 1. The SMILES string of the molecule is CC(N)c1ncc(-c2ccc(F)cc2)o1. The molecular formula is C11H11FN2O. The zero-order valence-electron chi connectivity index (χ0n) is 8.27. The monoisotopic (exact) mass is 206 g/mol. The Kier molecular flexibility index (Phi) is 2.51. The summed E-state index contributed by atoms with van der Waals surface area (Å²) in [5.74, 6) is 0.808. The van der Waals surface area contributed by atoms with E-state index in [1.807, 2.05) is 0 Å². The summed E-state index contributed by atoms with van der Waals surface area (Å²) in [6.45, 7) is 1.79. The molecule has 1 heterocycles. The van der Waals surface area contributed by atoms with Crippen molar-refractivity contribution in [1.82, 2.24) is 4.98 Å². The molecule has 0 bridgehead atoms. The van der Waals surface area contributed by atoms with Crippen molar-refractivity contribution in [2.75, 3.05) is 0 Å². The standard InChI is InChI=1S/C11H11FN2O/c1-7(13)11-14-6-10(15-11)8-2-4-9(12)5-3-8/h2-7H,13H2,1H3. The highest BCUT2D eigenvalue weighted by molar-refractivity contribution is 5.55. The van der Waals surface area contributed by atoms with Gasteiger partial charge in [0.1, 0.15) is 5.82 Å². The Hall–Kier alpha value is -1.68. The largest absolute Gasteiger partial charge is 0.439 e. The van der Waals surface area contributed by atoms with Crippen molar-refractivity contribution in [2.45, 2.75) is 13.0 Å². The summed E-state index contributed by atoms with van der Waals surface area (Å²) in [6.07, 6.45) is 1.59. The normalized spacial score (nSPS) is 12.7. The lowest BCUT2D eigenvalue weighted by molar-refractivity contribution is 0.473. The van der Waals surface area contributed by atoms with Crippen LogP contribution in [0.5, 0.6) is 0 Å². The zero-order chi connectivity index (χ0) is 10.8. The average molecular weight is 206 g/mol. The van der Waals surface area contributed by atoms with Gasteiger partial charge in [0.25, 0.3) is 0 Å². The molecule has 0 amide bonds. The number of halogens is 1. The maximum atomic E-state index is 12.7. The average Bonchev–Trinajstić information content (AvgIpc) is 2.68. The van der Waals surface area contributed by atoms with Gasteiger partial charge in [0.15, 0.2) is 5.76 Å². The first-order valence-corrected chi connectivity index (χ1v) is 4.64. The lowest BCUT2D eigenvalue weighted by atomic mass is 10.2. The van der Waals surface area contributed by atoms with Crippen molar-refractivity contribution in [3.63, 3.8) is 0 Å². The second-order valence-electron chi connectivity index (χ2n) is 3.36. The van der Waals surface area contributed by atoms with Crippen molar-refractivity contribution in [3.05, 3.63) is 42.2 Å². The third-order valence-electron chi connectivity index (χ3n) is 2.04. The second-order valence-corrected chi connectivity index (χ2v) is 3.36. The number of hydrogen-bond acceptors (Lipinski definition) is 3. The first kappa shape index (κ1) is 9.86. The van der Waals surface area contributed by atoms with Gasteiger partial charge >= 0.3 is 0 Å². The molecule has 0 aliphatic carbocycles. The van der Waals surface area contributed by atoms with Gasteiger partial charge in [-0.05, 0) is 31.2 Å². The second kappa shape index (κ2) is 3.82. The number of aromatic nitrogens is 1. The molecule has 0 saturated carbocycles. The quantitative estimate of drug-likeness (QED) is 0.821. The summed E-state index contributed by atoms with van der Waals surface area (Å²) in [4.78, 5) is 4.03. The third kappa shape index (κ3) is 2.05. The van der Waals surface area contributed by atoms with Crippen molar-refractivity contribution < 1.29 is 8.81 Å². The van der Waals surface area contributed by atoms with Crippen LogP contribution in [0, 0.1) is 5.82 Å². The van der Waals surface area contributed by atoms with Gasteiger partial charge in [0.05, 0.1) is 12.2 Å². The molecule has 3 nitrogen and oxygen atoms in total. The van der Waals surface area contributed by atoms with Gasteiger partial charge in [-0.25, -0.2) is 9.37 Å². The first-order valence-electron chi connectivity index (χ1n) is 4.64. The molecule has 0 aliphatic heterocycles. The minimum Gasteiger partial charge on any atom is -0.439 e. The Morgan fingerprint density at radius 1 is 1.33 bits per heavy atom. The van der Waals surface area contributed by atoms with Crippen LogP contribution in [0.4, 0.5) is 4.39 Å². The Morgan fingerprint density at radius 2 is 2.00 bits per heavy atom. The van der Waals surface area contributed by atoms with Gasteiger partial charge in [-0.3, -0.25) is 0 Å². The maximum Gasteiger partial charge on any atom is 0.211 e. The van der Waals surface area contributed by atoms with Crippen molar-refractivity contribution in [2.24, 2.45) is 5.73 Å². The van der Waals surface area contributed by atoms with Crippen LogP contribution >= 0.6 is 0 Å². The molecule has 15 heavy (non-hydrogen) atoms. The van der Waals surface area contributed by atoms with Crippen molar-refractivity contribution in [3.8, 4) is 11.3 Å². The van der Waals surface area contributed by atoms with E-state index in [1.165, 1.54) is 12.1 Å². The fourth-order valence-electron chi connectivity index (χ4n) is 1.25. The highest BCUT2D eigenvalue weighted by atomic mass is 19.1. The van der Waals surface area contributed by atoms with Crippen LogP contribution in [-0.2, 0) is 0 Å². The highest BCUT2D eigenvalue weighted by Crippen LogP contribution is 2.22. The first-order chi connectivity index (χ1) is 7.16. The number of hydrogen-bond donors (Lipinski definition) is 1. The van der Waals surface area contributed by atoms with E-state index >= 15 is 0 Å². The van der Waals surface area contributed by atoms with E-state index in [-0.39, 0.29) is 11.9 Å². The molecule has 1 aromatic heterocycles. The number of nitrogens with two attached hydrogens (primary N) is 1. The number of rotatable bonds is 2. The van der Waals surface area contributed by atoms with Gasteiger partial charge in [0, 0.05) is 5.56 Å². The Balaban J connectivity index is 2.33. The Bertz CT molecular complexity index is 448. The Morgan fingerprint density at radius 3 is 2.53 bits per heavy atom. The molecule has 2 rings (SSSR count). The minimum atomic E-state index is -0.273. The zero-order valence-corrected chi connectivity index (χ0v) is 8.27. The molecule has 2 aromatic rings. The van der Waals surface area contributed by atoms with E-state index in [2.05, 4.69) is 4.98 Å². The van der Waals surface area contributed by atoms with Gasteiger partial charge in [-0.1, -0.05) is 0 Å². The van der Waals surface area contributed by atoms with Crippen LogP contribution in [0.2, 0.25) is 0 Å². The predicted octanol–water partition coefficient (Wildman–Crippen LogP) is 2.50. The van der Waals surface area contributed by atoms with Gasteiger partial charge in [0.2, 0.25) is 5.89 Å². The molecule has 0 aliphatic rings. The van der Waals surface area contributed by atoms with Crippen molar-refractivity contribution >= 4 is 0 Å². The van der Waals surface area contributed by atoms with Crippen LogP contribution in [0.25, 0.3) is 11.3 Å². The fraction of sp³-hybridized carbons (Fsp3) is 0.182. The van der Waals surface area contributed by atoms with E-state index in [0.717, 1.165) is 5.56 Å². The van der Waals surface area contributed by atoms with Crippen LogP contribution in [-0.4, -0.2) is 4.98 Å². The lowest BCUT2D eigenvalue weighted by Crippen LogP contribution is -2.04. The molecule has 0 spiro atoms. The fourth-order valence-corrected chi connectivity index (χ4v) is 1.25. The van der Waals surface area contributed by atoms with Crippen LogP contribution in [0.15, 0.2) is 34.9 Å². The van der Waals surface area contributed by atoms with Gasteiger partial charge < -0.3 is 10.2 Å². The summed E-state index contributed by atoms with van der Waals surface area (Å²) in [6, 6.07) is 5.80. The van der Waals surface area contributed by atoms with Gasteiger partial charge in [-0.15, -0.1) is 0 Å². The summed E-state index contributed by atoms with van der Waals surface area (Å²) in [7, 11) is 0. The lowest BCUT2D eigenvalue weighted by Gasteiger charge is -1.98. The molecule has 2 N–H and O–H groups in total. The van der Waals surface area contributed by atoms with E-state index in [0.29, 0.717) is 11.7 Å². The number of oxazole rings is 1. The van der Waals surface area contributed by atoms with E-state index in [1.54, 1.807) is 25.3 Å². The summed E-state index contributed by atoms with van der Waals surface area (Å²) in [5, 5.41) is 0. The minimum absolute atomic E-state index is 0.237. The molecule has 1 unspecified atom stereocenters. The predicted molar refractivity (Wildman–Crippen MR) is 54.5 cm³/mol. The molecule has 4 heteroatoms. The molecule has 0 saturated heterocycles. The third-order valence-corrected chi connectivity index (χ3v) is 2.04. The summed E-state index contributed by atoms with van der Waals surface area (Å²) in [5.41, 5.74) is 6.40. The van der Waals surface area contributed by atoms with Crippen LogP contribution in [0.3, 0.4) is 0 Å². The van der Waals surface area contributed by atoms with Crippen LogP contribution in [0.1, 0.15) is 18.9 Å². The van der Waals surface area contributed by atoms with E-state index in [9.17, 15) is 4.39 Å². The molecule has 0 radical (unpaired) electrons. The van der Waals surface area contributed by atoms with E-state index < -0.39 is 0 Å². The van der Waals surface area contributed by atoms with E-state index in [4.69, 9.17) is 10.2 Å². The molecule has 0 fully saturated rings. The summed E-state index contributed by atoms with van der Waals surface area (Å²) >= 11 is 0. The molecule has 78 valence electrons. The molecule has 1 aromatic carbocycles. The molecule has 1 atom stereocenters. The Labute approximate surface area is 86.7 Å². The smallest absolute Gasteiger partial charge is 0.211 e. The van der Waals surface area contributed by atoms with Crippen molar-refractivity contribution in [1.29, 1.82) is 0 Å². The van der Waals surface area contributed by atoms with Crippen LogP contribution < -0.4 is 5.73 Å². The number of benzene rings is 1. The van der Waals surface area contributed by atoms with Gasteiger partial charge in [-0.2, -0.15) is 0 Å². The molecular weight excluding hydrogens is 195 g/mol. The highest BCUT2D eigenvalue weighted by Gasteiger charge is 2.09. The maximum absolute atomic E-state index is 12.7. The summed E-state index contributed by atoms with van der Waals surface area (Å²) < 4.78 is 18.1.